The molecule has 1 saturated heterocycles. The lowest BCUT2D eigenvalue weighted by atomic mass is 9.98. The molecule has 4 aromatic rings. The van der Waals surface area contributed by atoms with E-state index in [0.717, 1.165) is 22.6 Å². The van der Waals surface area contributed by atoms with Gasteiger partial charge in [-0.3, -0.25) is 14.7 Å². The number of benzene rings is 2. The number of sulfonamides is 1. The molecule has 252 valence electrons. The van der Waals surface area contributed by atoms with Gasteiger partial charge in [0.15, 0.2) is 5.82 Å². The number of carboxylic acids is 1. The highest BCUT2D eigenvalue weighted by Crippen LogP contribution is 2.44. The van der Waals surface area contributed by atoms with E-state index in [-0.39, 0.29) is 35.0 Å². The van der Waals surface area contributed by atoms with Crippen molar-refractivity contribution in [2.45, 2.75) is 30.8 Å². The van der Waals surface area contributed by atoms with Crippen molar-refractivity contribution in [3.8, 4) is 11.4 Å². The monoisotopic (exact) mass is 683 g/mol. The van der Waals surface area contributed by atoms with E-state index in [2.05, 4.69) is 30.4 Å². The van der Waals surface area contributed by atoms with Crippen LogP contribution in [0.25, 0.3) is 11.4 Å². The molecular formula is C30H31F2N9O6S. The van der Waals surface area contributed by atoms with Crippen molar-refractivity contribution in [3.05, 3.63) is 76.2 Å². The lowest BCUT2D eigenvalue weighted by Gasteiger charge is -2.35. The van der Waals surface area contributed by atoms with Crippen LogP contribution in [0.3, 0.4) is 0 Å². The van der Waals surface area contributed by atoms with Gasteiger partial charge in [0.2, 0.25) is 15.9 Å². The summed E-state index contributed by atoms with van der Waals surface area (Å²) < 4.78 is 56.1. The highest BCUT2D eigenvalue weighted by molar-refractivity contribution is 7.89. The summed E-state index contributed by atoms with van der Waals surface area (Å²) in [5.74, 6) is -4.98. The number of hydrogen-bond donors (Lipinski definition) is 5. The number of likely N-dealkylation sites (N-methyl/N-ethyl adjacent to an activating group) is 1. The molecule has 0 spiro atoms. The summed E-state index contributed by atoms with van der Waals surface area (Å²) in [5.41, 5.74) is 5.47. The zero-order valence-electron chi connectivity index (χ0n) is 26.0. The number of anilines is 2. The number of amides is 2. The van der Waals surface area contributed by atoms with E-state index >= 15 is 0 Å². The van der Waals surface area contributed by atoms with Gasteiger partial charge in [-0.05, 0) is 45.2 Å². The third-order valence-electron chi connectivity index (χ3n) is 8.61. The summed E-state index contributed by atoms with van der Waals surface area (Å²) in [5, 5.41) is 19.0. The molecule has 0 atom stereocenters. The number of nitrogens with two attached hydrogens (primary N) is 1. The molecule has 1 fully saturated rings. The summed E-state index contributed by atoms with van der Waals surface area (Å²) in [4.78, 5) is 48.7. The third-order valence-corrected chi connectivity index (χ3v) is 10.6. The van der Waals surface area contributed by atoms with Crippen LogP contribution in [0.5, 0.6) is 0 Å². The molecule has 0 unspecified atom stereocenters. The van der Waals surface area contributed by atoms with Gasteiger partial charge in [0.1, 0.15) is 23.2 Å². The Morgan fingerprint density at radius 3 is 2.29 bits per heavy atom. The van der Waals surface area contributed by atoms with Crippen molar-refractivity contribution in [1.29, 1.82) is 0 Å². The number of carbonyl (C=O) groups is 3. The molecule has 2 aromatic heterocycles. The molecule has 0 aliphatic carbocycles. The second kappa shape index (κ2) is 11.8. The summed E-state index contributed by atoms with van der Waals surface area (Å²) in [6.45, 7) is 5.36. The number of imidazole rings is 1. The topological polar surface area (TPSA) is 211 Å². The molecule has 2 aliphatic heterocycles. The molecule has 0 radical (unpaired) electrons. The van der Waals surface area contributed by atoms with Crippen molar-refractivity contribution in [3.63, 3.8) is 0 Å². The summed E-state index contributed by atoms with van der Waals surface area (Å²) in [6, 6.07) is 4.85. The van der Waals surface area contributed by atoms with E-state index in [4.69, 9.17) is 5.73 Å². The van der Waals surface area contributed by atoms with Gasteiger partial charge in [-0.2, -0.15) is 9.40 Å². The third kappa shape index (κ3) is 5.67. The minimum atomic E-state index is -4.43. The Balaban J connectivity index is 1.38. The molecular weight excluding hydrogens is 652 g/mol. The molecule has 0 saturated carbocycles. The normalized spacial score (nSPS) is 16.6. The summed E-state index contributed by atoms with van der Waals surface area (Å²) >= 11 is 0. The molecule has 0 bridgehead atoms. The van der Waals surface area contributed by atoms with Gasteiger partial charge in [0.05, 0.1) is 33.5 Å². The number of piperazine rings is 1. The first kappa shape index (κ1) is 32.7. The van der Waals surface area contributed by atoms with Crippen LogP contribution in [-0.2, 0) is 22.1 Å². The standard InChI is InChI=1S/C30H31F2N9O6S/c1-30(2)24-21(14-41(30)48(46,47)17-9-15(31)8-16(32)10-17)27(38-37-24)36-28(43)19-11-20(26-34-13-22(35-26)29(44)45)23(12-18(19)25(33)42)40-6-4-39(3)5-7-40/h8-13H,4-7,14H2,1-3H3,(H2,33,42)(H,34,35)(H,44,45)(H2,36,37,38,43). The van der Waals surface area contributed by atoms with Crippen LogP contribution in [0.2, 0.25) is 0 Å². The smallest absolute Gasteiger partial charge is 0.353 e. The average molecular weight is 684 g/mol. The molecule has 4 heterocycles. The Morgan fingerprint density at radius 1 is 1.02 bits per heavy atom. The number of nitrogens with zero attached hydrogens (tertiary/aromatic N) is 5. The minimum Gasteiger partial charge on any atom is -0.477 e. The quantitative estimate of drug-likeness (QED) is 0.183. The summed E-state index contributed by atoms with van der Waals surface area (Å²) in [7, 11) is -2.46. The number of carboxylic acid groups (broad SMARTS) is 1. The molecule has 48 heavy (non-hydrogen) atoms. The number of carbonyl (C=O) groups excluding carboxylic acids is 2. The Labute approximate surface area is 272 Å². The number of H-pyrrole nitrogens is 2. The second-order valence-corrected chi connectivity index (χ2v) is 13.9. The SMILES string of the molecule is CN1CCN(c2cc(C(N)=O)c(C(=O)Nc3n[nH]c4c3CN(S(=O)(=O)c3cc(F)cc(F)c3)C4(C)C)cc2-c2ncc(C(=O)O)[nH]2)CC1. The van der Waals surface area contributed by atoms with Crippen LogP contribution in [0.15, 0.2) is 41.4 Å². The largest absolute Gasteiger partial charge is 0.477 e. The van der Waals surface area contributed by atoms with E-state index < -0.39 is 49.9 Å². The number of hydrogen-bond acceptors (Lipinski definition) is 9. The predicted octanol–water partition coefficient (Wildman–Crippen LogP) is 2.32. The van der Waals surface area contributed by atoms with Gasteiger partial charge in [-0.25, -0.2) is 27.0 Å². The van der Waals surface area contributed by atoms with Crippen molar-refractivity contribution >= 4 is 39.3 Å². The van der Waals surface area contributed by atoms with Crippen LogP contribution < -0.4 is 16.0 Å². The number of aromatic amines is 2. The Kier molecular flexibility index (Phi) is 8.04. The number of halogens is 2. The highest BCUT2D eigenvalue weighted by Gasteiger charge is 2.48. The van der Waals surface area contributed by atoms with Gasteiger partial charge in [0, 0.05) is 55.6 Å². The molecule has 2 aromatic carbocycles. The first-order chi connectivity index (χ1) is 22.6. The first-order valence-corrected chi connectivity index (χ1v) is 16.1. The zero-order valence-corrected chi connectivity index (χ0v) is 26.8. The Morgan fingerprint density at radius 2 is 1.69 bits per heavy atom. The molecule has 2 amide bonds. The Hall–Kier alpha value is -5.20. The second-order valence-electron chi connectivity index (χ2n) is 12.1. The first-order valence-electron chi connectivity index (χ1n) is 14.7. The maximum absolute atomic E-state index is 14.0. The molecule has 18 heteroatoms. The number of primary amides is 1. The molecule has 6 rings (SSSR count). The Bertz CT molecular complexity index is 2070. The van der Waals surface area contributed by atoms with Crippen LogP contribution in [0, 0.1) is 11.6 Å². The maximum Gasteiger partial charge on any atom is 0.353 e. The van der Waals surface area contributed by atoms with Gasteiger partial charge >= 0.3 is 5.97 Å². The van der Waals surface area contributed by atoms with Gasteiger partial charge in [0.25, 0.3) is 5.91 Å². The number of aromatic carboxylic acids is 1. The number of rotatable bonds is 8. The van der Waals surface area contributed by atoms with E-state index in [0.29, 0.717) is 54.8 Å². The minimum absolute atomic E-state index is 0.0440. The van der Waals surface area contributed by atoms with Crippen LogP contribution in [0.1, 0.15) is 56.3 Å². The van der Waals surface area contributed by atoms with Gasteiger partial charge in [-0.1, -0.05) is 0 Å². The van der Waals surface area contributed by atoms with Crippen molar-refractivity contribution < 1.29 is 36.7 Å². The lowest BCUT2D eigenvalue weighted by Crippen LogP contribution is -2.44. The number of nitrogens with one attached hydrogen (secondary N) is 3. The summed E-state index contributed by atoms with van der Waals surface area (Å²) in [6.07, 6.45) is 1.14. The van der Waals surface area contributed by atoms with Crippen molar-refractivity contribution in [2.24, 2.45) is 5.73 Å². The van der Waals surface area contributed by atoms with Crippen molar-refractivity contribution in [1.82, 2.24) is 29.4 Å². The van der Waals surface area contributed by atoms with Crippen molar-refractivity contribution in [2.75, 3.05) is 43.4 Å². The molecule has 6 N–H and O–H groups in total. The van der Waals surface area contributed by atoms with E-state index in [1.807, 2.05) is 11.9 Å². The van der Waals surface area contributed by atoms with E-state index in [1.54, 1.807) is 13.8 Å². The fraction of sp³-hybridized carbons (Fsp3) is 0.300. The van der Waals surface area contributed by atoms with Crippen LogP contribution in [-0.4, -0.2) is 93.9 Å². The lowest BCUT2D eigenvalue weighted by molar-refractivity contribution is 0.0690. The highest BCUT2D eigenvalue weighted by atomic mass is 32.2. The van der Waals surface area contributed by atoms with E-state index in [9.17, 15) is 36.7 Å². The van der Waals surface area contributed by atoms with Gasteiger partial charge < -0.3 is 30.9 Å². The molecule has 15 nitrogen and oxygen atoms in total. The maximum atomic E-state index is 14.0. The van der Waals surface area contributed by atoms with Crippen LogP contribution in [0.4, 0.5) is 20.3 Å². The fourth-order valence-electron chi connectivity index (χ4n) is 6.00. The number of fused-ring (bicyclic) bond motifs is 1. The van der Waals surface area contributed by atoms with E-state index in [1.165, 1.54) is 12.1 Å². The number of aromatic nitrogens is 4. The fourth-order valence-corrected chi connectivity index (χ4v) is 7.77. The van der Waals surface area contributed by atoms with Gasteiger partial charge in [-0.15, -0.1) is 0 Å². The molecule has 2 aliphatic rings. The zero-order chi connectivity index (χ0) is 34.7. The average Bonchev–Trinajstić information content (AvgIpc) is 3.73. The predicted molar refractivity (Wildman–Crippen MR) is 168 cm³/mol. The van der Waals surface area contributed by atoms with Crippen LogP contribution >= 0.6 is 0 Å².